The number of halogens is 2. The lowest BCUT2D eigenvalue weighted by Crippen LogP contribution is -2.59. The number of hydrogen-bond donors (Lipinski definition) is 2. The molecule has 2 atom stereocenters. The molecule has 51 heavy (non-hydrogen) atoms. The molecule has 0 aromatic heterocycles. The first kappa shape index (κ1) is 37.6. The van der Waals surface area contributed by atoms with E-state index in [0.29, 0.717) is 70.8 Å². The van der Waals surface area contributed by atoms with Crippen LogP contribution in [0, 0.1) is 5.92 Å². The van der Waals surface area contributed by atoms with E-state index in [1.54, 1.807) is 0 Å². The van der Waals surface area contributed by atoms with Gasteiger partial charge < -0.3 is 30.5 Å². The van der Waals surface area contributed by atoms with Gasteiger partial charge in [-0.05, 0) is 107 Å². The van der Waals surface area contributed by atoms with Crippen LogP contribution in [0.3, 0.4) is 0 Å². The highest BCUT2D eigenvalue weighted by Crippen LogP contribution is 2.33. The number of rotatable bonds is 9. The fourth-order valence-corrected chi connectivity index (χ4v) is 9.28. The predicted molar refractivity (Wildman–Crippen MR) is 203 cm³/mol. The Labute approximate surface area is 317 Å². The van der Waals surface area contributed by atoms with Crippen LogP contribution in [0.15, 0.2) is 45.3 Å². The van der Waals surface area contributed by atoms with Crippen molar-refractivity contribution in [3.8, 4) is 0 Å². The number of benzene rings is 2. The zero-order chi connectivity index (χ0) is 36.2. The van der Waals surface area contributed by atoms with Gasteiger partial charge in [-0.15, -0.1) is 0 Å². The lowest BCUT2D eigenvalue weighted by molar-refractivity contribution is -0.152. The van der Waals surface area contributed by atoms with Gasteiger partial charge in [-0.3, -0.25) is 24.2 Å². The number of anilines is 2. The summed E-state index contributed by atoms with van der Waals surface area (Å²) in [4.78, 5) is 63.8. The molecule has 0 saturated carbocycles. The molecule has 4 aliphatic heterocycles. The third-order valence-electron chi connectivity index (χ3n) is 11.0. The number of carbonyl (C=O) groups is 4. The number of esters is 1. The monoisotopic (exact) mass is 829 g/mol. The van der Waals surface area contributed by atoms with Crippen LogP contribution in [0.4, 0.5) is 16.2 Å². The second-order valence-corrected chi connectivity index (χ2v) is 15.9. The number of urea groups is 1. The van der Waals surface area contributed by atoms with Crippen molar-refractivity contribution in [1.29, 1.82) is 0 Å². The molecule has 4 aliphatic rings. The third-order valence-corrected chi connectivity index (χ3v) is 12.4. The fraction of sp³-hybridized carbons (Fsp3) is 0.568. The minimum atomic E-state index is -0.532. The van der Waals surface area contributed by atoms with Gasteiger partial charge in [0.25, 0.3) is 0 Å². The van der Waals surface area contributed by atoms with E-state index in [-0.39, 0.29) is 48.4 Å². The first-order valence-electron chi connectivity index (χ1n) is 18.1. The third kappa shape index (κ3) is 8.72. The summed E-state index contributed by atoms with van der Waals surface area (Å²) in [6, 6.07) is 11.6. The van der Waals surface area contributed by atoms with Gasteiger partial charge in [0.1, 0.15) is 6.04 Å². The van der Waals surface area contributed by atoms with Crippen molar-refractivity contribution in [1.82, 2.24) is 24.5 Å². The molecule has 12 nitrogen and oxygen atoms in total. The van der Waals surface area contributed by atoms with Crippen LogP contribution in [0.1, 0.15) is 50.2 Å². The maximum Gasteiger partial charge on any atom is 0.324 e. The summed E-state index contributed by atoms with van der Waals surface area (Å²) < 4.78 is 6.82. The zero-order valence-electron chi connectivity index (χ0n) is 29.5. The Kier molecular flexibility index (Phi) is 12.3. The van der Waals surface area contributed by atoms with Crippen molar-refractivity contribution in [2.45, 2.75) is 70.1 Å². The van der Waals surface area contributed by atoms with Crippen molar-refractivity contribution in [2.24, 2.45) is 5.92 Å². The lowest BCUT2D eigenvalue weighted by Gasteiger charge is -2.45. The van der Waals surface area contributed by atoms with E-state index in [4.69, 9.17) is 10.5 Å². The van der Waals surface area contributed by atoms with Gasteiger partial charge in [0.05, 0.1) is 18.2 Å². The summed E-state index contributed by atoms with van der Waals surface area (Å²) in [6.45, 7) is 7.32. The number of nitrogens with zero attached hydrogens (tertiary/aromatic N) is 5. The largest absolute Gasteiger partial charge is 0.465 e. The van der Waals surface area contributed by atoms with Gasteiger partial charge in [-0.25, -0.2) is 4.79 Å². The Morgan fingerprint density at radius 1 is 0.941 bits per heavy atom. The molecule has 0 bridgehead atoms. The number of piperidine rings is 2. The molecule has 4 heterocycles. The molecule has 2 aromatic carbocycles. The van der Waals surface area contributed by atoms with Crippen molar-refractivity contribution in [3.63, 3.8) is 0 Å². The zero-order valence-corrected chi connectivity index (χ0v) is 32.7. The van der Waals surface area contributed by atoms with E-state index < -0.39 is 5.92 Å². The van der Waals surface area contributed by atoms with Crippen LogP contribution in [0.2, 0.25) is 0 Å². The molecule has 0 spiro atoms. The first-order chi connectivity index (χ1) is 24.5. The number of para-hydroxylation sites is 1. The van der Waals surface area contributed by atoms with Gasteiger partial charge in [-0.1, -0.05) is 18.2 Å². The number of nitrogens with two attached hydrogens (primary N) is 1. The van der Waals surface area contributed by atoms with Gasteiger partial charge in [0, 0.05) is 85.5 Å². The van der Waals surface area contributed by atoms with Crippen LogP contribution in [0.5, 0.6) is 0 Å². The number of amides is 4. The number of likely N-dealkylation sites (N-methyl/N-ethyl adjacent to an activating group) is 1. The second kappa shape index (κ2) is 16.6. The summed E-state index contributed by atoms with van der Waals surface area (Å²) in [5.74, 6) is -0.758. The summed E-state index contributed by atoms with van der Waals surface area (Å²) in [7, 11) is 1.97. The quantitative estimate of drug-likeness (QED) is 0.278. The number of likely N-dealkylation sites (tertiary alicyclic amines) is 2. The molecule has 4 amide bonds. The summed E-state index contributed by atoms with van der Waals surface area (Å²) >= 11 is 7.08. The number of hydrogen-bond acceptors (Lipinski definition) is 8. The normalized spacial score (nSPS) is 21.6. The van der Waals surface area contributed by atoms with Crippen LogP contribution >= 0.6 is 31.9 Å². The predicted octanol–water partition coefficient (Wildman–Crippen LogP) is 4.55. The van der Waals surface area contributed by atoms with E-state index >= 15 is 0 Å². The van der Waals surface area contributed by atoms with Crippen molar-refractivity contribution < 1.29 is 23.9 Å². The van der Waals surface area contributed by atoms with Crippen molar-refractivity contribution in [3.05, 3.63) is 56.5 Å². The molecule has 6 rings (SSSR count). The Morgan fingerprint density at radius 3 is 2.27 bits per heavy atom. The number of nitrogens with one attached hydrogen (secondary N) is 1. The highest BCUT2D eigenvalue weighted by Gasteiger charge is 2.38. The molecule has 14 heteroatoms. The minimum Gasteiger partial charge on any atom is -0.465 e. The Balaban J connectivity index is 1.08. The van der Waals surface area contributed by atoms with E-state index in [0.717, 1.165) is 51.7 Å². The van der Waals surface area contributed by atoms with Crippen LogP contribution in [-0.4, -0.2) is 126 Å². The van der Waals surface area contributed by atoms with Crippen LogP contribution in [0.25, 0.3) is 0 Å². The van der Waals surface area contributed by atoms with E-state index in [9.17, 15) is 19.2 Å². The topological polar surface area (TPSA) is 132 Å². The minimum absolute atomic E-state index is 0.00723. The number of ether oxygens (including phenoxy) is 1. The Bertz CT molecular complexity index is 1590. The molecule has 0 aliphatic carbocycles. The molecule has 276 valence electrons. The molecule has 3 fully saturated rings. The van der Waals surface area contributed by atoms with Crippen molar-refractivity contribution >= 4 is 67.0 Å². The maximum atomic E-state index is 14.3. The van der Waals surface area contributed by atoms with Crippen molar-refractivity contribution in [2.75, 3.05) is 70.5 Å². The average molecular weight is 832 g/mol. The summed E-state index contributed by atoms with van der Waals surface area (Å²) in [6.07, 6.45) is 3.52. The number of nitrogen functional groups attached to an aromatic ring is 1. The summed E-state index contributed by atoms with van der Waals surface area (Å²) in [5, 5.41) is 3.01. The molecule has 0 radical (unpaired) electrons. The SMILES string of the molecule is CCOC(=O)C1CN(C2CCN(C(=O)C(CC(=O)N3CCC(N4Cc5ccccc5NC4=O)CC3)Cc3cc(Br)c(N)c(Br)c3)CC2)CCN1C. The Hall–Kier alpha value is -3.20. The van der Waals surface area contributed by atoms with Crippen LogP contribution < -0.4 is 11.1 Å². The van der Waals surface area contributed by atoms with Gasteiger partial charge in [0.2, 0.25) is 11.8 Å². The highest BCUT2D eigenvalue weighted by molar-refractivity contribution is 9.11. The van der Waals surface area contributed by atoms with E-state index in [2.05, 4.69) is 47.0 Å². The lowest BCUT2D eigenvalue weighted by atomic mass is 9.91. The molecule has 2 unspecified atom stereocenters. The number of carbonyl (C=O) groups excluding carboxylic acids is 4. The van der Waals surface area contributed by atoms with Gasteiger partial charge in [0.15, 0.2) is 0 Å². The summed E-state index contributed by atoms with van der Waals surface area (Å²) in [5.41, 5.74) is 9.61. The van der Waals surface area contributed by atoms with E-state index in [1.807, 2.05) is 65.1 Å². The maximum absolute atomic E-state index is 14.3. The average Bonchev–Trinajstić information content (AvgIpc) is 3.13. The highest BCUT2D eigenvalue weighted by atomic mass is 79.9. The standard InChI is InChI=1S/C37H49Br2N7O5/c1-3-51-36(49)32-23-45(17-16-42(32)2)27-8-14-44(15-9-27)35(48)26(18-24-19-29(38)34(40)30(39)20-24)21-33(47)43-12-10-28(11-13-43)46-22-25-6-4-5-7-31(25)41-37(46)50/h4-7,19-20,26-28,32H,3,8-18,21-23,40H2,1-2H3,(H,41,50). The molecular weight excluding hydrogens is 782 g/mol. The van der Waals surface area contributed by atoms with Crippen LogP contribution in [-0.2, 0) is 32.1 Å². The number of piperazine rings is 1. The van der Waals surface area contributed by atoms with E-state index in [1.165, 1.54) is 0 Å². The second-order valence-electron chi connectivity index (χ2n) is 14.2. The first-order valence-corrected chi connectivity index (χ1v) is 19.7. The molecule has 3 saturated heterocycles. The fourth-order valence-electron chi connectivity index (χ4n) is 8.00. The Morgan fingerprint density at radius 2 is 1.59 bits per heavy atom. The molecule has 2 aromatic rings. The number of fused-ring (bicyclic) bond motifs is 1. The van der Waals surface area contributed by atoms with Gasteiger partial charge in [-0.2, -0.15) is 0 Å². The van der Waals surface area contributed by atoms with Gasteiger partial charge >= 0.3 is 12.0 Å². The smallest absolute Gasteiger partial charge is 0.324 e. The molecule has 3 N–H and O–H groups in total. The molecular formula is C37H49Br2N7O5.